The van der Waals surface area contributed by atoms with Gasteiger partial charge in [0.05, 0.1) is 23.9 Å². The molecule has 0 aliphatic carbocycles. The van der Waals surface area contributed by atoms with Gasteiger partial charge in [-0.25, -0.2) is 9.36 Å². The van der Waals surface area contributed by atoms with Crippen LogP contribution < -0.4 is 20.0 Å². The molecule has 1 aliphatic rings. The monoisotopic (exact) mass is 544 g/mol. The summed E-state index contributed by atoms with van der Waals surface area (Å²) in [6.45, 7) is 2.38. The molecule has 2 aromatic rings. The molecule has 3 rings (SSSR count). The van der Waals surface area contributed by atoms with Gasteiger partial charge in [0, 0.05) is 12.2 Å². The number of methoxy groups -OCH3 is 1. The first-order valence-electron chi connectivity index (χ1n) is 12.7. The van der Waals surface area contributed by atoms with Gasteiger partial charge in [-0.3, -0.25) is 13.9 Å². The number of aliphatic hydroxyl groups excluding tert-OH is 1. The second-order valence-electron chi connectivity index (χ2n) is 8.61. The SMILES string of the molecule is [2H]c1cc(OC)nc(=O)n1[C@@H]1O[C@H](C([2H])([2H])O[P@@](=O)(N[C@@H](C)C(=O)OC(C)C)Oc2ccccc2)[C@@H](O)[C@@]1(C)O. The van der Waals surface area contributed by atoms with Gasteiger partial charge in [-0.05, 0) is 39.8 Å². The highest BCUT2D eigenvalue weighted by atomic mass is 31.2. The number of rotatable bonds is 11. The number of aliphatic hydroxyl groups is 2. The predicted molar refractivity (Wildman–Crippen MR) is 130 cm³/mol. The number of benzene rings is 1. The summed E-state index contributed by atoms with van der Waals surface area (Å²) in [6.07, 6.45) is -6.99. The Kier molecular flexibility index (Phi) is 7.77. The summed E-state index contributed by atoms with van der Waals surface area (Å²) in [6, 6.07) is 7.32. The molecule has 14 heteroatoms. The quantitative estimate of drug-likeness (QED) is 0.275. The van der Waals surface area contributed by atoms with Crippen molar-refractivity contribution in [2.24, 2.45) is 0 Å². The van der Waals surface area contributed by atoms with Crippen LogP contribution in [0.1, 0.15) is 38.0 Å². The van der Waals surface area contributed by atoms with Crippen molar-refractivity contribution in [3.8, 4) is 11.6 Å². The maximum absolute atomic E-state index is 13.8. The second-order valence-corrected chi connectivity index (χ2v) is 10.2. The number of hydrogen-bond donors (Lipinski definition) is 3. The van der Waals surface area contributed by atoms with Gasteiger partial charge in [-0.1, -0.05) is 18.2 Å². The van der Waals surface area contributed by atoms with E-state index in [0.717, 1.165) is 13.0 Å². The second kappa shape index (κ2) is 11.7. The zero-order valence-corrected chi connectivity index (χ0v) is 21.7. The number of carbonyl (C=O) groups excluding carboxylic acids is 1. The van der Waals surface area contributed by atoms with Crippen molar-refractivity contribution in [3.05, 3.63) is 53.1 Å². The highest BCUT2D eigenvalue weighted by Gasteiger charge is 2.54. The number of nitrogens with zero attached hydrogens (tertiary/aromatic N) is 2. The van der Waals surface area contributed by atoms with Gasteiger partial charge in [0.25, 0.3) is 0 Å². The number of ether oxygens (including phenoxy) is 3. The summed E-state index contributed by atoms with van der Waals surface area (Å²) in [5, 5.41) is 24.2. The van der Waals surface area contributed by atoms with Crippen LogP contribution in [0.25, 0.3) is 0 Å². The van der Waals surface area contributed by atoms with E-state index in [9.17, 15) is 24.4 Å². The van der Waals surface area contributed by atoms with Crippen LogP contribution >= 0.6 is 7.75 Å². The third-order valence-corrected chi connectivity index (χ3v) is 6.66. The summed E-state index contributed by atoms with van der Waals surface area (Å²) in [5.41, 5.74) is -3.44. The van der Waals surface area contributed by atoms with Gasteiger partial charge in [0.15, 0.2) is 6.23 Å². The van der Waals surface area contributed by atoms with Gasteiger partial charge in [0.2, 0.25) is 5.88 Å². The predicted octanol–water partition coefficient (Wildman–Crippen LogP) is 1.39. The Hall–Kier alpha value is -2.80. The summed E-state index contributed by atoms with van der Waals surface area (Å²) >= 11 is 0. The first-order chi connectivity index (χ1) is 18.5. The Balaban J connectivity index is 1.95. The van der Waals surface area contributed by atoms with Crippen molar-refractivity contribution in [1.29, 1.82) is 0 Å². The zero-order valence-electron chi connectivity index (χ0n) is 23.9. The van der Waals surface area contributed by atoms with Crippen molar-refractivity contribution in [1.82, 2.24) is 14.6 Å². The Labute approximate surface area is 218 Å². The van der Waals surface area contributed by atoms with Crippen LogP contribution in [0, 0.1) is 0 Å². The van der Waals surface area contributed by atoms with E-state index < -0.39 is 68.3 Å². The lowest BCUT2D eigenvalue weighted by Crippen LogP contribution is -2.46. The topological polar surface area (TPSA) is 168 Å². The molecule has 1 fully saturated rings. The average Bonchev–Trinajstić information content (AvgIpc) is 3.07. The molecule has 2 heterocycles. The lowest BCUT2D eigenvalue weighted by molar-refractivity contribution is -0.149. The number of esters is 1. The van der Waals surface area contributed by atoms with Crippen LogP contribution in [0.5, 0.6) is 11.6 Å². The van der Waals surface area contributed by atoms with Gasteiger partial charge in [-0.15, -0.1) is 0 Å². The van der Waals surface area contributed by atoms with Crippen molar-refractivity contribution in [2.45, 2.75) is 63.9 Å². The van der Waals surface area contributed by atoms with E-state index in [4.69, 9.17) is 27.4 Å². The molecule has 0 saturated carbocycles. The third kappa shape index (κ3) is 6.95. The van der Waals surface area contributed by atoms with E-state index in [0.29, 0.717) is 4.57 Å². The summed E-state index contributed by atoms with van der Waals surface area (Å²) in [7, 11) is -3.56. The van der Waals surface area contributed by atoms with E-state index in [2.05, 4.69) is 10.1 Å². The minimum absolute atomic E-state index is 0.00831. The lowest BCUT2D eigenvalue weighted by atomic mass is 9.96. The molecule has 1 aliphatic heterocycles. The van der Waals surface area contributed by atoms with E-state index in [-0.39, 0.29) is 11.6 Å². The molecule has 1 aromatic heterocycles. The molecule has 0 bridgehead atoms. The van der Waals surface area contributed by atoms with E-state index in [1.165, 1.54) is 26.2 Å². The Morgan fingerprint density at radius 2 is 2.03 bits per heavy atom. The number of para-hydroxylation sites is 1. The van der Waals surface area contributed by atoms with Crippen LogP contribution in [0.3, 0.4) is 0 Å². The van der Waals surface area contributed by atoms with Gasteiger partial charge in [0.1, 0.15) is 29.6 Å². The smallest absolute Gasteiger partial charge is 0.459 e. The Morgan fingerprint density at radius 1 is 1.35 bits per heavy atom. The van der Waals surface area contributed by atoms with Crippen LogP contribution in [0.15, 0.2) is 47.4 Å². The number of aromatic nitrogens is 2. The lowest BCUT2D eigenvalue weighted by Gasteiger charge is -2.27. The fourth-order valence-electron chi connectivity index (χ4n) is 3.29. The van der Waals surface area contributed by atoms with Crippen LogP contribution in [-0.4, -0.2) is 69.4 Å². The molecule has 0 amide bonds. The molecule has 204 valence electrons. The minimum Gasteiger partial charge on any atom is -0.481 e. The minimum atomic E-state index is -4.79. The maximum Gasteiger partial charge on any atom is 0.459 e. The molecule has 1 saturated heterocycles. The normalized spacial score (nSPS) is 27.5. The maximum atomic E-state index is 13.8. The molecule has 37 heavy (non-hydrogen) atoms. The van der Waals surface area contributed by atoms with Crippen molar-refractivity contribution >= 4 is 13.7 Å². The largest absolute Gasteiger partial charge is 0.481 e. The summed E-state index contributed by atoms with van der Waals surface area (Å²) in [4.78, 5) is 28.6. The van der Waals surface area contributed by atoms with E-state index >= 15 is 0 Å². The number of carbonyl (C=O) groups is 1. The molecular weight excluding hydrogens is 509 g/mol. The van der Waals surface area contributed by atoms with Crippen molar-refractivity contribution in [3.63, 3.8) is 0 Å². The standard InChI is InChI=1S/C23H32N3O10P/c1-14(2)34-20(28)15(3)25-37(31,36-16-9-7-6-8-10-16)33-13-17-19(27)23(4,30)21(35-17)26-12-11-18(32-5)24-22(26)29/h6-12,14-15,17,19,21,27,30H,13H2,1-5H3,(H,25,31)/t15-,17+,19+,21+,23+,37-/m0/s1/i12D,13D2. The molecule has 1 aromatic carbocycles. The molecule has 6 atom stereocenters. The van der Waals surface area contributed by atoms with Crippen molar-refractivity contribution in [2.75, 3.05) is 13.7 Å². The Morgan fingerprint density at radius 3 is 2.62 bits per heavy atom. The highest BCUT2D eigenvalue weighted by molar-refractivity contribution is 7.52. The highest BCUT2D eigenvalue weighted by Crippen LogP contribution is 2.46. The first-order valence-corrected chi connectivity index (χ1v) is 12.8. The molecule has 0 spiro atoms. The van der Waals surface area contributed by atoms with Crippen LogP contribution in [-0.2, 0) is 23.4 Å². The molecule has 3 N–H and O–H groups in total. The zero-order chi connectivity index (χ0) is 30.0. The fraction of sp³-hybridized carbons (Fsp3) is 0.522. The Bertz CT molecular complexity index is 1310. The van der Waals surface area contributed by atoms with Gasteiger partial charge >= 0.3 is 19.4 Å². The summed E-state index contributed by atoms with van der Waals surface area (Å²) < 4.78 is 65.8. The number of nitrogens with one attached hydrogen (secondary N) is 1. The van der Waals surface area contributed by atoms with Gasteiger partial charge in [-0.2, -0.15) is 10.1 Å². The summed E-state index contributed by atoms with van der Waals surface area (Å²) in [5.74, 6) is -1.02. The first kappa shape index (κ1) is 24.5. The van der Waals surface area contributed by atoms with Crippen LogP contribution in [0.2, 0.25) is 0 Å². The average molecular weight is 545 g/mol. The molecule has 0 radical (unpaired) electrons. The third-order valence-electron chi connectivity index (χ3n) is 5.16. The van der Waals surface area contributed by atoms with Crippen LogP contribution in [0.4, 0.5) is 0 Å². The molecule has 0 unspecified atom stereocenters. The number of hydrogen-bond acceptors (Lipinski definition) is 11. The van der Waals surface area contributed by atoms with E-state index in [1.807, 2.05) is 0 Å². The molecule has 13 nitrogen and oxygen atoms in total. The molecular formula is C23H32N3O10P. The van der Waals surface area contributed by atoms with Gasteiger partial charge < -0.3 is 28.9 Å². The fourth-order valence-corrected chi connectivity index (χ4v) is 4.65. The van der Waals surface area contributed by atoms with Crippen molar-refractivity contribution < 1.29 is 46.9 Å². The van der Waals surface area contributed by atoms with E-state index in [1.54, 1.807) is 32.0 Å².